The third kappa shape index (κ3) is 2.48. The van der Waals surface area contributed by atoms with E-state index in [1.54, 1.807) is 24.4 Å². The first-order valence-electron chi connectivity index (χ1n) is 7.01. The van der Waals surface area contributed by atoms with Crippen molar-refractivity contribution in [3.8, 4) is 0 Å². The van der Waals surface area contributed by atoms with E-state index in [9.17, 15) is 9.82 Å². The van der Waals surface area contributed by atoms with Crippen LogP contribution < -0.4 is 5.46 Å². The van der Waals surface area contributed by atoms with E-state index in [0.29, 0.717) is 10.5 Å². The standard InChI is InChI=1S/C14H16BClN2O2/c16-12-6-7-13-11(8-12)9-17-18(15(13)20)14(19)10-4-2-1-3-5-10/h6-10,20H,1-5H2. The van der Waals surface area contributed by atoms with Gasteiger partial charge in [0.2, 0.25) is 5.91 Å². The predicted octanol–water partition coefficient (Wildman–Crippen LogP) is 1.78. The van der Waals surface area contributed by atoms with Gasteiger partial charge in [0.1, 0.15) is 0 Å². The Bertz CT molecular complexity index is 558. The summed E-state index contributed by atoms with van der Waals surface area (Å²) in [5.41, 5.74) is 1.44. The summed E-state index contributed by atoms with van der Waals surface area (Å²) in [5.74, 6) is -0.0848. The predicted molar refractivity (Wildman–Crippen MR) is 80.1 cm³/mol. The van der Waals surface area contributed by atoms with Gasteiger partial charge in [0.25, 0.3) is 0 Å². The minimum atomic E-state index is -1.01. The molecular formula is C14H16BClN2O2. The summed E-state index contributed by atoms with van der Waals surface area (Å²) in [7, 11) is -1.01. The molecule has 1 fully saturated rings. The Kier molecular flexibility index (Phi) is 3.81. The third-order valence-corrected chi connectivity index (χ3v) is 4.30. The summed E-state index contributed by atoms with van der Waals surface area (Å²) in [6.45, 7) is 0. The molecule has 1 aliphatic carbocycles. The van der Waals surface area contributed by atoms with Crippen molar-refractivity contribution in [2.75, 3.05) is 0 Å². The molecular weight excluding hydrogens is 274 g/mol. The van der Waals surface area contributed by atoms with Crippen LogP contribution in [0.4, 0.5) is 0 Å². The highest BCUT2D eigenvalue weighted by Gasteiger charge is 2.36. The van der Waals surface area contributed by atoms with Gasteiger partial charge in [-0.1, -0.05) is 36.9 Å². The number of fused-ring (bicyclic) bond motifs is 1. The van der Waals surface area contributed by atoms with Crippen LogP contribution in [0.25, 0.3) is 0 Å². The van der Waals surface area contributed by atoms with Crippen molar-refractivity contribution in [2.45, 2.75) is 32.1 Å². The molecule has 20 heavy (non-hydrogen) atoms. The highest BCUT2D eigenvalue weighted by Crippen LogP contribution is 2.26. The van der Waals surface area contributed by atoms with Crippen LogP contribution in [0.5, 0.6) is 0 Å². The molecule has 0 aromatic heterocycles. The number of rotatable bonds is 1. The fourth-order valence-electron chi connectivity index (χ4n) is 2.93. The van der Waals surface area contributed by atoms with Crippen molar-refractivity contribution in [2.24, 2.45) is 11.0 Å². The zero-order valence-electron chi connectivity index (χ0n) is 11.1. The highest BCUT2D eigenvalue weighted by molar-refractivity contribution is 6.67. The topological polar surface area (TPSA) is 52.9 Å². The van der Waals surface area contributed by atoms with Gasteiger partial charge in [0.15, 0.2) is 0 Å². The monoisotopic (exact) mass is 290 g/mol. The molecule has 0 bridgehead atoms. The van der Waals surface area contributed by atoms with Gasteiger partial charge in [-0.05, 0) is 36.0 Å². The second kappa shape index (κ2) is 5.58. The molecule has 0 saturated heterocycles. The van der Waals surface area contributed by atoms with E-state index in [1.165, 1.54) is 11.3 Å². The van der Waals surface area contributed by atoms with Crippen molar-refractivity contribution >= 4 is 36.2 Å². The van der Waals surface area contributed by atoms with Crippen molar-refractivity contribution < 1.29 is 9.82 Å². The summed E-state index contributed by atoms with van der Waals surface area (Å²) in [6, 6.07) is 5.20. The van der Waals surface area contributed by atoms with Crippen molar-refractivity contribution in [1.82, 2.24) is 4.92 Å². The van der Waals surface area contributed by atoms with Crippen LogP contribution in [0.1, 0.15) is 37.7 Å². The van der Waals surface area contributed by atoms with Gasteiger partial charge in [-0.2, -0.15) is 5.10 Å². The number of hydrazone groups is 1. The second-order valence-electron chi connectivity index (χ2n) is 5.41. The minimum Gasteiger partial charge on any atom is -0.427 e. The zero-order valence-corrected chi connectivity index (χ0v) is 11.9. The Morgan fingerprint density at radius 1 is 1.35 bits per heavy atom. The number of benzene rings is 1. The van der Waals surface area contributed by atoms with E-state index in [-0.39, 0.29) is 11.8 Å². The van der Waals surface area contributed by atoms with Gasteiger partial charge in [-0.25, -0.2) is 4.92 Å². The average Bonchev–Trinajstić information content (AvgIpc) is 2.48. The average molecular weight is 291 g/mol. The maximum Gasteiger partial charge on any atom is 0.474 e. The van der Waals surface area contributed by atoms with Crippen LogP contribution in [-0.2, 0) is 4.79 Å². The summed E-state index contributed by atoms with van der Waals surface area (Å²) in [4.78, 5) is 13.7. The Labute approximate surface area is 123 Å². The Balaban J connectivity index is 1.83. The molecule has 104 valence electrons. The molecule has 0 atom stereocenters. The van der Waals surface area contributed by atoms with Gasteiger partial charge in [-0.3, -0.25) is 4.79 Å². The molecule has 1 N–H and O–H groups in total. The third-order valence-electron chi connectivity index (χ3n) is 4.06. The highest BCUT2D eigenvalue weighted by atomic mass is 35.5. The normalized spacial score (nSPS) is 19.1. The smallest absolute Gasteiger partial charge is 0.427 e. The Hall–Kier alpha value is -1.33. The van der Waals surface area contributed by atoms with Gasteiger partial charge < -0.3 is 5.02 Å². The minimum absolute atomic E-state index is 0.00981. The number of hydrogen-bond acceptors (Lipinski definition) is 3. The molecule has 1 aromatic carbocycles. The van der Waals surface area contributed by atoms with Gasteiger partial charge in [0, 0.05) is 10.9 Å². The molecule has 1 aliphatic heterocycles. The number of hydrogen-bond donors (Lipinski definition) is 1. The molecule has 1 saturated carbocycles. The first-order valence-corrected chi connectivity index (χ1v) is 7.39. The van der Waals surface area contributed by atoms with E-state index in [4.69, 9.17) is 11.6 Å². The summed E-state index contributed by atoms with van der Waals surface area (Å²) in [5, 5.41) is 15.1. The van der Waals surface area contributed by atoms with Crippen LogP contribution in [0, 0.1) is 5.92 Å². The van der Waals surface area contributed by atoms with E-state index >= 15 is 0 Å². The van der Waals surface area contributed by atoms with Crippen LogP contribution in [0.15, 0.2) is 23.3 Å². The van der Waals surface area contributed by atoms with Gasteiger partial charge in [-0.15, -0.1) is 0 Å². The molecule has 4 nitrogen and oxygen atoms in total. The van der Waals surface area contributed by atoms with E-state index < -0.39 is 7.05 Å². The number of carbonyl (C=O) groups is 1. The fourth-order valence-corrected chi connectivity index (χ4v) is 3.11. The maximum absolute atomic E-state index is 12.5. The number of amides is 1. The summed E-state index contributed by atoms with van der Waals surface area (Å²) >= 11 is 5.92. The molecule has 0 radical (unpaired) electrons. The first kappa shape index (κ1) is 13.6. The Morgan fingerprint density at radius 3 is 2.85 bits per heavy atom. The van der Waals surface area contributed by atoms with Crippen molar-refractivity contribution in [1.29, 1.82) is 0 Å². The molecule has 2 aliphatic rings. The van der Waals surface area contributed by atoms with Gasteiger partial charge in [0.05, 0.1) is 6.21 Å². The first-order chi connectivity index (χ1) is 9.66. The number of halogens is 1. The van der Waals surface area contributed by atoms with Crippen molar-refractivity contribution in [3.05, 3.63) is 28.8 Å². The Morgan fingerprint density at radius 2 is 2.10 bits per heavy atom. The number of nitrogens with zero attached hydrogens (tertiary/aromatic N) is 2. The summed E-state index contributed by atoms with van der Waals surface area (Å²) < 4.78 is 0. The van der Waals surface area contributed by atoms with E-state index in [2.05, 4.69) is 5.10 Å². The molecule has 1 heterocycles. The molecule has 6 heteroatoms. The molecule has 3 rings (SSSR count). The fraction of sp³-hybridized carbons (Fsp3) is 0.429. The van der Waals surface area contributed by atoms with Crippen molar-refractivity contribution in [3.63, 3.8) is 0 Å². The van der Waals surface area contributed by atoms with Crippen LogP contribution >= 0.6 is 11.6 Å². The summed E-state index contributed by atoms with van der Waals surface area (Å²) in [6.07, 6.45) is 6.73. The zero-order chi connectivity index (χ0) is 14.1. The molecule has 1 amide bonds. The van der Waals surface area contributed by atoms with Crippen LogP contribution in [-0.4, -0.2) is 29.1 Å². The lowest BCUT2D eigenvalue weighted by atomic mass is 9.69. The lowest BCUT2D eigenvalue weighted by Gasteiger charge is -2.30. The lowest BCUT2D eigenvalue weighted by Crippen LogP contribution is -2.54. The van der Waals surface area contributed by atoms with Crippen LogP contribution in [0.2, 0.25) is 5.02 Å². The molecule has 0 spiro atoms. The lowest BCUT2D eigenvalue weighted by molar-refractivity contribution is -0.132. The van der Waals surface area contributed by atoms with Crippen LogP contribution in [0.3, 0.4) is 0 Å². The number of carbonyl (C=O) groups excluding carboxylic acids is 1. The molecule has 0 unspecified atom stereocenters. The SMILES string of the molecule is O=C(C1CCCCC1)N1N=Cc2cc(Cl)ccc2B1O. The largest absolute Gasteiger partial charge is 0.474 e. The second-order valence-corrected chi connectivity index (χ2v) is 5.85. The maximum atomic E-state index is 12.5. The van der Waals surface area contributed by atoms with Gasteiger partial charge >= 0.3 is 7.05 Å². The molecule has 1 aromatic rings. The van der Waals surface area contributed by atoms with E-state index in [0.717, 1.165) is 31.2 Å². The van der Waals surface area contributed by atoms with E-state index in [1.807, 2.05) is 0 Å². The quantitative estimate of drug-likeness (QED) is 0.802.